The van der Waals surface area contributed by atoms with E-state index in [1.165, 1.54) is 42.0 Å². The zero-order valence-corrected chi connectivity index (χ0v) is 14.3. The Hall–Kier alpha value is -2.81. The third-order valence-electron chi connectivity index (χ3n) is 4.89. The van der Waals surface area contributed by atoms with Crippen molar-refractivity contribution in [1.82, 2.24) is 4.98 Å². The number of carbonyl (C=O) groups is 1. The highest BCUT2D eigenvalue weighted by Gasteiger charge is 2.19. The van der Waals surface area contributed by atoms with Gasteiger partial charge >= 0.3 is 5.97 Å². The Kier molecular flexibility index (Phi) is 4.14. The molecule has 0 radical (unpaired) electrons. The molecular weight excluding hydrogens is 310 g/mol. The second-order valence-corrected chi connectivity index (χ2v) is 6.47. The molecule has 2 aromatic carbocycles. The smallest absolute Gasteiger partial charge is 0.337 e. The Balaban J connectivity index is 1.95. The van der Waals surface area contributed by atoms with Crippen molar-refractivity contribution in [2.45, 2.75) is 25.7 Å². The van der Waals surface area contributed by atoms with Crippen LogP contribution in [0.2, 0.25) is 0 Å². The lowest BCUT2D eigenvalue weighted by atomic mass is 9.90. The van der Waals surface area contributed by atoms with Gasteiger partial charge in [0.1, 0.15) is 0 Å². The minimum Gasteiger partial charge on any atom is -0.465 e. The summed E-state index contributed by atoms with van der Waals surface area (Å²) in [6.07, 6.45) is 7.10. The number of rotatable bonds is 3. The van der Waals surface area contributed by atoms with Gasteiger partial charge in [-0.15, -0.1) is 0 Å². The fraction of sp³-hybridized carbons (Fsp3) is 0.227. The van der Waals surface area contributed by atoms with Gasteiger partial charge in [0.25, 0.3) is 0 Å². The lowest BCUT2D eigenvalue weighted by molar-refractivity contribution is 0.0601. The van der Waals surface area contributed by atoms with Crippen LogP contribution in [0.15, 0.2) is 54.6 Å². The summed E-state index contributed by atoms with van der Waals surface area (Å²) in [6.45, 7) is 0. The van der Waals surface area contributed by atoms with Crippen LogP contribution in [0, 0.1) is 0 Å². The minimum atomic E-state index is -0.309. The van der Waals surface area contributed by atoms with E-state index in [2.05, 4.69) is 35.3 Å². The number of fused-ring (bicyclic) bond motifs is 1. The summed E-state index contributed by atoms with van der Waals surface area (Å²) in [5.41, 5.74) is 6.52. The highest BCUT2D eigenvalue weighted by atomic mass is 16.5. The van der Waals surface area contributed by atoms with E-state index in [1.54, 1.807) is 0 Å². The van der Waals surface area contributed by atoms with Crippen molar-refractivity contribution in [3.05, 3.63) is 65.7 Å². The van der Waals surface area contributed by atoms with Gasteiger partial charge in [0.2, 0.25) is 0 Å². The van der Waals surface area contributed by atoms with Crippen molar-refractivity contribution < 1.29 is 9.53 Å². The van der Waals surface area contributed by atoms with Gasteiger partial charge in [-0.2, -0.15) is 0 Å². The fourth-order valence-electron chi connectivity index (χ4n) is 3.66. The second kappa shape index (κ2) is 6.60. The molecule has 1 N–H and O–H groups in total. The van der Waals surface area contributed by atoms with E-state index < -0.39 is 0 Å². The van der Waals surface area contributed by atoms with Crippen molar-refractivity contribution >= 4 is 22.4 Å². The number of methoxy groups -OCH3 is 1. The molecule has 0 atom stereocenters. The SMILES string of the molecule is COC(=O)c1ccc2c(C3=CCCCC3)c(-c3ccccc3)[nH]c2c1. The molecule has 4 rings (SSSR count). The van der Waals surface area contributed by atoms with Gasteiger partial charge in [-0.05, 0) is 49.0 Å². The van der Waals surface area contributed by atoms with Crippen LogP contribution in [0.25, 0.3) is 27.7 Å². The van der Waals surface area contributed by atoms with E-state index in [0.29, 0.717) is 5.56 Å². The zero-order chi connectivity index (χ0) is 17.2. The Morgan fingerprint density at radius 1 is 1.08 bits per heavy atom. The van der Waals surface area contributed by atoms with Gasteiger partial charge in [-0.1, -0.05) is 42.5 Å². The lowest BCUT2D eigenvalue weighted by Gasteiger charge is -2.14. The lowest BCUT2D eigenvalue weighted by Crippen LogP contribution is -2.00. The molecule has 25 heavy (non-hydrogen) atoms. The summed E-state index contributed by atoms with van der Waals surface area (Å²) < 4.78 is 4.86. The molecule has 1 aliphatic rings. The van der Waals surface area contributed by atoms with Crippen LogP contribution in [0.5, 0.6) is 0 Å². The molecular formula is C22H21NO2. The van der Waals surface area contributed by atoms with E-state index >= 15 is 0 Å². The van der Waals surface area contributed by atoms with Crippen LogP contribution in [0.3, 0.4) is 0 Å². The van der Waals surface area contributed by atoms with Gasteiger partial charge in [0.15, 0.2) is 0 Å². The molecule has 0 unspecified atom stereocenters. The maximum absolute atomic E-state index is 11.9. The van der Waals surface area contributed by atoms with Gasteiger partial charge in [-0.3, -0.25) is 0 Å². The first-order valence-corrected chi connectivity index (χ1v) is 8.77. The molecule has 0 amide bonds. The summed E-state index contributed by atoms with van der Waals surface area (Å²) >= 11 is 0. The van der Waals surface area contributed by atoms with Crippen molar-refractivity contribution in [3.8, 4) is 11.3 Å². The van der Waals surface area contributed by atoms with Crippen molar-refractivity contribution in [3.63, 3.8) is 0 Å². The number of esters is 1. The number of allylic oxidation sites excluding steroid dienone is 2. The summed E-state index contributed by atoms with van der Waals surface area (Å²) in [7, 11) is 1.41. The van der Waals surface area contributed by atoms with Crippen LogP contribution < -0.4 is 0 Å². The number of nitrogens with one attached hydrogen (secondary N) is 1. The van der Waals surface area contributed by atoms with Crippen LogP contribution in [0.4, 0.5) is 0 Å². The summed E-state index contributed by atoms with van der Waals surface area (Å²) in [5.74, 6) is -0.309. The van der Waals surface area contributed by atoms with Crippen LogP contribution in [-0.4, -0.2) is 18.1 Å². The number of carbonyl (C=O) groups excluding carboxylic acids is 1. The predicted molar refractivity (Wildman–Crippen MR) is 102 cm³/mol. The van der Waals surface area contributed by atoms with E-state index in [9.17, 15) is 4.79 Å². The molecule has 0 fully saturated rings. The molecule has 126 valence electrons. The molecule has 3 aromatic rings. The Morgan fingerprint density at radius 2 is 1.92 bits per heavy atom. The number of ether oxygens (including phenoxy) is 1. The number of benzene rings is 2. The third kappa shape index (κ3) is 2.86. The average molecular weight is 331 g/mol. The molecule has 0 saturated carbocycles. The molecule has 0 aliphatic heterocycles. The maximum Gasteiger partial charge on any atom is 0.337 e. The minimum absolute atomic E-state index is 0.309. The van der Waals surface area contributed by atoms with Crippen molar-refractivity contribution in [2.75, 3.05) is 7.11 Å². The standard InChI is InChI=1S/C22H21NO2/c1-25-22(24)17-12-13-18-19(14-17)23-21(16-10-6-3-7-11-16)20(18)15-8-4-2-5-9-15/h3,6-8,10-14,23H,2,4-5,9H2,1H3. The first-order chi connectivity index (χ1) is 12.3. The molecule has 3 nitrogen and oxygen atoms in total. The molecule has 0 saturated heterocycles. The highest BCUT2D eigenvalue weighted by molar-refractivity contribution is 6.03. The highest BCUT2D eigenvalue weighted by Crippen LogP contribution is 2.39. The first kappa shape index (κ1) is 15.7. The van der Waals surface area contributed by atoms with E-state index in [1.807, 2.05) is 24.3 Å². The number of aromatic amines is 1. The Morgan fingerprint density at radius 3 is 2.64 bits per heavy atom. The number of H-pyrrole nitrogens is 1. The van der Waals surface area contributed by atoms with Crippen LogP contribution in [0.1, 0.15) is 41.6 Å². The molecule has 1 heterocycles. The normalized spacial score (nSPS) is 14.4. The number of hydrogen-bond acceptors (Lipinski definition) is 2. The van der Waals surface area contributed by atoms with Crippen LogP contribution >= 0.6 is 0 Å². The first-order valence-electron chi connectivity index (χ1n) is 8.77. The molecule has 3 heteroatoms. The molecule has 0 bridgehead atoms. The van der Waals surface area contributed by atoms with E-state index in [4.69, 9.17) is 4.74 Å². The van der Waals surface area contributed by atoms with Gasteiger partial charge in [0.05, 0.1) is 18.4 Å². The van der Waals surface area contributed by atoms with E-state index in [-0.39, 0.29) is 5.97 Å². The molecule has 0 spiro atoms. The monoisotopic (exact) mass is 331 g/mol. The fourth-order valence-corrected chi connectivity index (χ4v) is 3.66. The maximum atomic E-state index is 11.9. The number of aromatic nitrogens is 1. The van der Waals surface area contributed by atoms with Gasteiger partial charge < -0.3 is 9.72 Å². The predicted octanol–water partition coefficient (Wildman–Crippen LogP) is 5.58. The van der Waals surface area contributed by atoms with Crippen molar-refractivity contribution in [2.24, 2.45) is 0 Å². The van der Waals surface area contributed by atoms with Gasteiger partial charge in [-0.25, -0.2) is 4.79 Å². The Labute approximate surface area is 147 Å². The third-order valence-corrected chi connectivity index (χ3v) is 4.89. The summed E-state index contributed by atoms with van der Waals surface area (Å²) in [6, 6.07) is 16.2. The average Bonchev–Trinajstić information content (AvgIpc) is 3.07. The zero-order valence-electron chi connectivity index (χ0n) is 14.3. The quantitative estimate of drug-likeness (QED) is 0.637. The topological polar surface area (TPSA) is 42.1 Å². The van der Waals surface area contributed by atoms with Crippen molar-refractivity contribution in [1.29, 1.82) is 0 Å². The molecule has 1 aliphatic carbocycles. The largest absolute Gasteiger partial charge is 0.465 e. The van der Waals surface area contributed by atoms with Crippen LogP contribution in [-0.2, 0) is 4.74 Å². The number of hydrogen-bond donors (Lipinski definition) is 1. The summed E-state index contributed by atoms with van der Waals surface area (Å²) in [5, 5.41) is 1.17. The van der Waals surface area contributed by atoms with Gasteiger partial charge in [0, 0.05) is 16.5 Å². The molecule has 1 aromatic heterocycles. The summed E-state index contributed by atoms with van der Waals surface area (Å²) in [4.78, 5) is 15.4. The Bertz CT molecular complexity index is 951. The van der Waals surface area contributed by atoms with E-state index in [0.717, 1.165) is 24.1 Å². The second-order valence-electron chi connectivity index (χ2n) is 6.47.